The van der Waals surface area contributed by atoms with Crippen LogP contribution in [0.5, 0.6) is 0 Å². The molecule has 0 radical (unpaired) electrons. The summed E-state index contributed by atoms with van der Waals surface area (Å²) in [7, 11) is 0. The number of piperidine rings is 3. The summed E-state index contributed by atoms with van der Waals surface area (Å²) in [4.78, 5) is 13.5. The molecule has 3 aliphatic rings. The van der Waals surface area contributed by atoms with Crippen LogP contribution in [-0.4, -0.2) is 47.8 Å². The van der Waals surface area contributed by atoms with E-state index in [1.807, 2.05) is 36.4 Å². The van der Waals surface area contributed by atoms with Crippen LogP contribution in [-0.2, 0) is 15.1 Å². The second-order valence-electron chi connectivity index (χ2n) is 8.96. The lowest BCUT2D eigenvalue weighted by atomic mass is 9.82. The van der Waals surface area contributed by atoms with Gasteiger partial charge >= 0.3 is 5.97 Å². The largest absolute Gasteiger partial charge is 0.453 e. The van der Waals surface area contributed by atoms with E-state index in [0.29, 0.717) is 17.0 Å². The molecule has 0 saturated carbocycles. The lowest BCUT2D eigenvalue weighted by molar-refractivity contribution is -0.939. The van der Waals surface area contributed by atoms with Crippen molar-refractivity contribution >= 4 is 5.97 Å². The second-order valence-corrected chi connectivity index (χ2v) is 8.96. The van der Waals surface area contributed by atoms with E-state index in [-0.39, 0.29) is 6.10 Å². The first-order valence-corrected chi connectivity index (χ1v) is 11.4. The maximum absolute atomic E-state index is 13.5. The molecule has 4 heteroatoms. The number of ether oxygens (including phenoxy) is 1. The summed E-state index contributed by atoms with van der Waals surface area (Å²) in [5.41, 5.74) is -0.760. The maximum Gasteiger partial charge on any atom is 0.348 e. The summed E-state index contributed by atoms with van der Waals surface area (Å²) in [6.07, 6.45) is 3.92. The Labute approximate surface area is 185 Å². The maximum atomic E-state index is 13.5. The highest BCUT2D eigenvalue weighted by molar-refractivity contribution is 5.85. The molecule has 0 unspecified atom stereocenters. The molecule has 3 aliphatic heterocycles. The van der Waals surface area contributed by atoms with Gasteiger partial charge in [-0.05, 0) is 23.5 Å². The van der Waals surface area contributed by atoms with Gasteiger partial charge in [-0.15, -0.1) is 0 Å². The molecule has 1 atom stereocenters. The van der Waals surface area contributed by atoms with Crippen molar-refractivity contribution < 1.29 is 19.1 Å². The fraction of sp³-hybridized carbons (Fsp3) is 0.444. The van der Waals surface area contributed by atoms with Crippen molar-refractivity contribution in [3.8, 4) is 11.8 Å². The molecule has 0 amide bonds. The predicted molar refractivity (Wildman–Crippen MR) is 121 cm³/mol. The monoisotopic (exact) mass is 418 g/mol. The van der Waals surface area contributed by atoms with Crippen LogP contribution < -0.4 is 0 Å². The molecular formula is C27H32NO3+. The van der Waals surface area contributed by atoms with Crippen LogP contribution in [0, 0.1) is 17.8 Å². The zero-order chi connectivity index (χ0) is 21.7. The van der Waals surface area contributed by atoms with Gasteiger partial charge < -0.3 is 14.3 Å². The van der Waals surface area contributed by atoms with E-state index in [1.165, 1.54) is 0 Å². The average Bonchev–Trinajstić information content (AvgIpc) is 2.83. The minimum Gasteiger partial charge on any atom is -0.453 e. The average molecular weight is 419 g/mol. The Kier molecular flexibility index (Phi) is 6.46. The molecule has 2 bridgehead atoms. The molecule has 5 rings (SSSR count). The third-order valence-corrected chi connectivity index (χ3v) is 6.89. The van der Waals surface area contributed by atoms with Crippen molar-refractivity contribution in [1.29, 1.82) is 0 Å². The predicted octanol–water partition coefficient (Wildman–Crippen LogP) is 3.88. The van der Waals surface area contributed by atoms with Crippen LogP contribution in [0.1, 0.15) is 43.7 Å². The molecule has 4 nitrogen and oxygen atoms in total. The molecular weight excluding hydrogens is 386 g/mol. The lowest BCUT2D eigenvalue weighted by Gasteiger charge is -2.51. The Hall–Kier alpha value is -2.61. The first-order valence-electron chi connectivity index (χ1n) is 11.4. The van der Waals surface area contributed by atoms with Gasteiger partial charge in [0, 0.05) is 25.2 Å². The van der Waals surface area contributed by atoms with Gasteiger partial charge in [0.2, 0.25) is 5.60 Å². The van der Waals surface area contributed by atoms with Gasteiger partial charge in [-0.2, -0.15) is 0 Å². The normalized spacial score (nSPS) is 24.8. The number of unbranched alkanes of at least 4 members (excludes halogenated alkanes) is 1. The molecule has 2 aromatic rings. The number of fused-ring (bicyclic) bond motifs is 3. The van der Waals surface area contributed by atoms with Crippen molar-refractivity contribution in [2.75, 3.05) is 26.2 Å². The highest BCUT2D eigenvalue weighted by Crippen LogP contribution is 2.38. The van der Waals surface area contributed by atoms with Crippen molar-refractivity contribution in [2.24, 2.45) is 5.92 Å². The van der Waals surface area contributed by atoms with E-state index in [9.17, 15) is 9.90 Å². The molecule has 0 spiro atoms. The Morgan fingerprint density at radius 2 is 1.61 bits per heavy atom. The summed E-state index contributed by atoms with van der Waals surface area (Å²) in [5, 5.41) is 11.7. The molecule has 162 valence electrons. The molecule has 3 fully saturated rings. The van der Waals surface area contributed by atoms with Crippen LogP contribution in [0.25, 0.3) is 0 Å². The Morgan fingerprint density at radius 3 is 2.16 bits per heavy atom. The van der Waals surface area contributed by atoms with Crippen molar-refractivity contribution in [1.82, 2.24) is 0 Å². The van der Waals surface area contributed by atoms with Crippen LogP contribution in [0.3, 0.4) is 0 Å². The van der Waals surface area contributed by atoms with Gasteiger partial charge in [0.1, 0.15) is 13.1 Å². The Morgan fingerprint density at radius 1 is 1.03 bits per heavy atom. The van der Waals surface area contributed by atoms with Crippen molar-refractivity contribution in [2.45, 2.75) is 44.3 Å². The summed E-state index contributed by atoms with van der Waals surface area (Å²) < 4.78 is 7.00. The number of hydrogen-bond donors (Lipinski definition) is 1. The molecule has 31 heavy (non-hydrogen) atoms. The molecule has 0 aromatic heterocycles. The summed E-state index contributed by atoms with van der Waals surface area (Å²) in [6.45, 7) is 5.95. The van der Waals surface area contributed by atoms with E-state index in [0.717, 1.165) is 56.3 Å². The lowest BCUT2D eigenvalue weighted by Crippen LogP contribution is -2.65. The van der Waals surface area contributed by atoms with Gasteiger partial charge in [-0.1, -0.05) is 73.5 Å². The van der Waals surface area contributed by atoms with Gasteiger partial charge in [0.15, 0.2) is 6.10 Å². The van der Waals surface area contributed by atoms with Gasteiger partial charge in [0.25, 0.3) is 0 Å². The number of carbonyl (C=O) groups excluding carboxylic acids is 1. The number of benzene rings is 2. The fourth-order valence-electron chi connectivity index (χ4n) is 5.00. The minimum atomic E-state index is -1.82. The van der Waals surface area contributed by atoms with E-state index in [4.69, 9.17) is 4.74 Å². The molecule has 3 heterocycles. The van der Waals surface area contributed by atoms with E-state index in [1.54, 1.807) is 24.3 Å². The van der Waals surface area contributed by atoms with Gasteiger partial charge in [-0.3, -0.25) is 0 Å². The summed E-state index contributed by atoms with van der Waals surface area (Å²) >= 11 is 0. The quantitative estimate of drug-likeness (QED) is 0.440. The zero-order valence-electron chi connectivity index (χ0n) is 18.3. The van der Waals surface area contributed by atoms with E-state index in [2.05, 4.69) is 18.8 Å². The number of rotatable bonds is 6. The van der Waals surface area contributed by atoms with E-state index < -0.39 is 11.6 Å². The number of carbonyl (C=O) groups is 1. The first-order chi connectivity index (χ1) is 15.1. The van der Waals surface area contributed by atoms with E-state index >= 15 is 0 Å². The number of hydrogen-bond acceptors (Lipinski definition) is 3. The highest BCUT2D eigenvalue weighted by Gasteiger charge is 2.50. The summed E-state index contributed by atoms with van der Waals surface area (Å²) in [6, 6.07) is 18.2. The zero-order valence-corrected chi connectivity index (χ0v) is 18.3. The fourth-order valence-corrected chi connectivity index (χ4v) is 5.00. The number of aliphatic hydroxyl groups is 1. The topological polar surface area (TPSA) is 46.5 Å². The highest BCUT2D eigenvalue weighted by atomic mass is 16.6. The Balaban J connectivity index is 1.56. The van der Waals surface area contributed by atoms with Gasteiger partial charge in [0.05, 0.1) is 13.1 Å². The minimum absolute atomic E-state index is 0.179. The molecule has 1 N–H and O–H groups in total. The number of quaternary nitrogens is 1. The van der Waals surface area contributed by atoms with Crippen molar-refractivity contribution in [3.63, 3.8) is 0 Å². The number of nitrogens with zero attached hydrogens (tertiary/aromatic N) is 1. The third-order valence-electron chi connectivity index (χ3n) is 6.89. The standard InChI is InChI=1S/C27H32NO3/c1-2-3-4-11-18-28-19-16-22(17-20-28)25(21-28)31-26(29)27(30,23-12-7-5-8-13-23)24-14-9-6-10-15-24/h5-10,12-15,22,25,30H,2-3,16-21H2,1H3/q+1/t22?,25-,28?/m0/s1. The molecule has 3 saturated heterocycles. The third kappa shape index (κ3) is 4.39. The number of esters is 1. The van der Waals surface area contributed by atoms with Crippen LogP contribution in [0.2, 0.25) is 0 Å². The first kappa shape index (κ1) is 21.6. The van der Waals surface area contributed by atoms with Crippen molar-refractivity contribution in [3.05, 3.63) is 71.8 Å². The second kappa shape index (κ2) is 9.26. The Bertz CT molecular complexity index is 897. The van der Waals surface area contributed by atoms with Crippen LogP contribution in [0.4, 0.5) is 0 Å². The van der Waals surface area contributed by atoms with Gasteiger partial charge in [-0.25, -0.2) is 4.79 Å². The SMILES string of the molecule is CCCC#CC[N+]12CCC(CC1)[C@@H](OC(=O)C(O)(c1ccccc1)c1ccccc1)C2. The molecule has 0 aliphatic carbocycles. The molecule has 2 aromatic carbocycles. The van der Waals surface area contributed by atoms with Crippen LogP contribution >= 0.6 is 0 Å². The summed E-state index contributed by atoms with van der Waals surface area (Å²) in [5.74, 6) is 6.41. The smallest absolute Gasteiger partial charge is 0.348 e. The van der Waals surface area contributed by atoms with Crippen LogP contribution in [0.15, 0.2) is 60.7 Å².